The molecule has 0 aromatic heterocycles. The number of hydrogen-bond donors (Lipinski definition) is 2. The van der Waals surface area contributed by atoms with Crippen LogP contribution in [0.2, 0.25) is 10.0 Å². The van der Waals surface area contributed by atoms with Gasteiger partial charge in [0, 0.05) is 39.7 Å². The van der Waals surface area contributed by atoms with E-state index in [4.69, 9.17) is 42.6 Å². The van der Waals surface area contributed by atoms with E-state index >= 15 is 0 Å². The lowest BCUT2D eigenvalue weighted by Gasteiger charge is -2.11. The van der Waals surface area contributed by atoms with Crippen molar-refractivity contribution in [1.29, 1.82) is 0 Å². The first-order chi connectivity index (χ1) is 26.8. The fraction of sp³-hybridized carbons (Fsp3) is 0.190. The number of amides is 1. The van der Waals surface area contributed by atoms with Crippen molar-refractivity contribution in [3.05, 3.63) is 152 Å². The molecule has 5 aromatic rings. The average molecular weight is 816 g/mol. The summed E-state index contributed by atoms with van der Waals surface area (Å²) in [6, 6.07) is 26.1. The number of ketones is 2. The quantitative estimate of drug-likeness (QED) is 0.106. The van der Waals surface area contributed by atoms with Gasteiger partial charge in [0.15, 0.2) is 11.6 Å². The van der Waals surface area contributed by atoms with E-state index in [1.807, 2.05) is 12.1 Å². The summed E-state index contributed by atoms with van der Waals surface area (Å²) in [7, 11) is -3.80. The highest BCUT2D eigenvalue weighted by molar-refractivity contribution is 7.89. The van der Waals surface area contributed by atoms with Crippen LogP contribution in [-0.4, -0.2) is 51.7 Å². The maximum atomic E-state index is 13.1. The van der Waals surface area contributed by atoms with E-state index in [0.29, 0.717) is 81.3 Å². The Hall–Kier alpha value is -5.53. The van der Waals surface area contributed by atoms with Gasteiger partial charge in [0.25, 0.3) is 0 Å². The second-order valence-electron chi connectivity index (χ2n) is 12.9. The third-order valence-electron chi connectivity index (χ3n) is 8.87. The van der Waals surface area contributed by atoms with Crippen molar-refractivity contribution in [3.63, 3.8) is 0 Å². The Morgan fingerprint density at radius 2 is 1.16 bits per heavy atom. The maximum Gasteiger partial charge on any atom is 0.310 e. The Morgan fingerprint density at radius 3 is 1.61 bits per heavy atom. The molecule has 2 heterocycles. The summed E-state index contributed by atoms with van der Waals surface area (Å²) in [5, 5.41) is 8.91. The molecule has 0 atom stereocenters. The number of ether oxygens (including phenoxy) is 3. The van der Waals surface area contributed by atoms with Crippen molar-refractivity contribution in [2.45, 2.75) is 37.5 Å². The molecule has 3 N–H and O–H groups in total. The fourth-order valence-corrected chi connectivity index (χ4v) is 7.07. The lowest BCUT2D eigenvalue weighted by atomic mass is 9.96. The molecule has 0 spiro atoms. The number of carbonyl (C=O) groups excluding carboxylic acids is 4. The van der Waals surface area contributed by atoms with E-state index in [0.717, 1.165) is 23.1 Å². The smallest absolute Gasteiger partial charge is 0.310 e. The standard InChI is InChI=1S/C23H19ClN2O5S.C19H17ClO4/c24-17-3-1-15(2-4-17)22(28)20-12-14(11-16-9-10-31-23(16)20)13-21(27)26-18-5-7-19(8-6-18)32(25,29)30;1-2-23-17(21)11-12-9-14-7-8-24-19(14)16(10-12)18(22)13-3-5-15(20)6-4-13/h1-8,11-12H,9-10,13H2,(H,26,27)(H2,25,29,30);3-6,9-10H,2,7-8,11H2,1H3. The zero-order chi connectivity index (χ0) is 40.0. The molecule has 14 heteroatoms. The largest absolute Gasteiger partial charge is 0.492 e. The number of hydrogen-bond acceptors (Lipinski definition) is 9. The summed E-state index contributed by atoms with van der Waals surface area (Å²) in [5.41, 5.74) is 5.59. The molecule has 0 saturated heterocycles. The number of anilines is 1. The lowest BCUT2D eigenvalue weighted by molar-refractivity contribution is -0.142. The number of nitrogens with two attached hydrogens (primary N) is 1. The third kappa shape index (κ3) is 9.82. The molecular weight excluding hydrogens is 779 g/mol. The first kappa shape index (κ1) is 40.1. The highest BCUT2D eigenvalue weighted by Gasteiger charge is 2.25. The zero-order valence-electron chi connectivity index (χ0n) is 30.1. The van der Waals surface area contributed by atoms with Crippen LogP contribution in [0.15, 0.2) is 102 Å². The van der Waals surface area contributed by atoms with Crippen LogP contribution in [0.4, 0.5) is 5.69 Å². The summed E-state index contributed by atoms with van der Waals surface area (Å²) in [4.78, 5) is 50.2. The molecule has 2 aliphatic heterocycles. The molecule has 0 fully saturated rings. The summed E-state index contributed by atoms with van der Waals surface area (Å²) >= 11 is 11.8. The van der Waals surface area contributed by atoms with E-state index in [-0.39, 0.29) is 41.2 Å². The monoisotopic (exact) mass is 814 g/mol. The number of rotatable bonds is 11. The zero-order valence-corrected chi connectivity index (χ0v) is 32.4. The predicted octanol–water partition coefficient (Wildman–Crippen LogP) is 6.95. The van der Waals surface area contributed by atoms with Crippen molar-refractivity contribution in [2.75, 3.05) is 25.1 Å². The van der Waals surface area contributed by atoms with Crippen molar-refractivity contribution >= 4 is 62.4 Å². The fourth-order valence-electron chi connectivity index (χ4n) is 6.30. The van der Waals surface area contributed by atoms with Crippen LogP contribution >= 0.6 is 23.2 Å². The van der Waals surface area contributed by atoms with Crippen molar-refractivity contribution in [3.8, 4) is 11.5 Å². The highest BCUT2D eigenvalue weighted by atomic mass is 35.5. The van der Waals surface area contributed by atoms with Crippen molar-refractivity contribution in [1.82, 2.24) is 0 Å². The molecule has 5 aromatic carbocycles. The normalized spacial score (nSPS) is 12.6. The van der Waals surface area contributed by atoms with Gasteiger partial charge in [-0.05, 0) is 114 Å². The Labute approximate surface area is 333 Å². The van der Waals surface area contributed by atoms with Crippen LogP contribution in [0.3, 0.4) is 0 Å². The molecule has 56 heavy (non-hydrogen) atoms. The second-order valence-corrected chi connectivity index (χ2v) is 15.3. The minimum atomic E-state index is -3.80. The lowest BCUT2D eigenvalue weighted by Crippen LogP contribution is -2.16. The van der Waals surface area contributed by atoms with Gasteiger partial charge in [0.1, 0.15) is 11.5 Å². The number of primary sulfonamides is 1. The van der Waals surface area contributed by atoms with Gasteiger partial charge in [-0.1, -0.05) is 35.3 Å². The average Bonchev–Trinajstić information content (AvgIpc) is 3.85. The maximum absolute atomic E-state index is 13.1. The van der Waals surface area contributed by atoms with E-state index in [1.54, 1.807) is 67.6 Å². The number of benzene rings is 5. The number of carbonyl (C=O) groups is 4. The molecular formula is C42H36Cl2N2O9S. The minimum Gasteiger partial charge on any atom is -0.492 e. The minimum absolute atomic E-state index is 0.0329. The summed E-state index contributed by atoms with van der Waals surface area (Å²) in [6.45, 7) is 3.12. The van der Waals surface area contributed by atoms with Gasteiger partial charge in [0.2, 0.25) is 15.9 Å². The molecule has 2 aliphatic rings. The number of nitrogens with one attached hydrogen (secondary N) is 1. The van der Waals surface area contributed by atoms with Crippen LogP contribution in [0, 0.1) is 0 Å². The molecule has 0 saturated carbocycles. The van der Waals surface area contributed by atoms with E-state index in [2.05, 4.69) is 5.32 Å². The number of fused-ring (bicyclic) bond motifs is 2. The Kier molecular flexibility index (Phi) is 12.6. The van der Waals surface area contributed by atoms with Gasteiger partial charge < -0.3 is 19.5 Å². The second kappa shape index (κ2) is 17.5. The van der Waals surface area contributed by atoms with Gasteiger partial charge in [-0.3, -0.25) is 19.2 Å². The topological polar surface area (TPSA) is 168 Å². The molecule has 0 unspecified atom stereocenters. The molecule has 0 bridgehead atoms. The number of esters is 1. The van der Waals surface area contributed by atoms with Crippen LogP contribution in [0.5, 0.6) is 11.5 Å². The Morgan fingerprint density at radius 1 is 0.696 bits per heavy atom. The van der Waals surface area contributed by atoms with Crippen LogP contribution in [0.25, 0.3) is 0 Å². The molecule has 7 rings (SSSR count). The van der Waals surface area contributed by atoms with Gasteiger partial charge in [0.05, 0.1) is 48.7 Å². The Balaban J connectivity index is 0.000000198. The molecule has 0 radical (unpaired) electrons. The van der Waals surface area contributed by atoms with Crippen molar-refractivity contribution in [2.24, 2.45) is 5.14 Å². The first-order valence-electron chi connectivity index (χ1n) is 17.5. The third-order valence-corrected chi connectivity index (χ3v) is 10.3. The van der Waals surface area contributed by atoms with Crippen LogP contribution in [0.1, 0.15) is 61.0 Å². The van der Waals surface area contributed by atoms with Gasteiger partial charge >= 0.3 is 5.97 Å². The predicted molar refractivity (Wildman–Crippen MR) is 212 cm³/mol. The van der Waals surface area contributed by atoms with E-state index in [9.17, 15) is 27.6 Å². The van der Waals surface area contributed by atoms with Crippen molar-refractivity contribution < 1.29 is 41.8 Å². The highest BCUT2D eigenvalue weighted by Crippen LogP contribution is 2.34. The summed E-state index contributed by atoms with van der Waals surface area (Å²) < 4.78 is 39.0. The Bertz CT molecular complexity index is 2420. The molecule has 288 valence electrons. The SMILES string of the molecule is CCOC(=O)Cc1cc2c(c(C(=O)c3ccc(Cl)cc3)c1)OCC2.NS(=O)(=O)c1ccc(NC(=O)Cc2cc3c(c(C(=O)c4ccc(Cl)cc4)c2)OCC3)cc1. The van der Waals surface area contributed by atoms with Gasteiger partial charge in [-0.25, -0.2) is 13.6 Å². The summed E-state index contributed by atoms with van der Waals surface area (Å²) in [6.07, 6.45) is 1.56. The van der Waals surface area contributed by atoms with Crippen LogP contribution in [-0.2, 0) is 50.0 Å². The van der Waals surface area contributed by atoms with Crippen LogP contribution < -0.4 is 19.9 Å². The number of halogens is 2. The van der Waals surface area contributed by atoms with Gasteiger partial charge in [-0.15, -0.1) is 0 Å². The van der Waals surface area contributed by atoms with Gasteiger partial charge in [-0.2, -0.15) is 0 Å². The number of sulfonamides is 1. The molecule has 0 aliphatic carbocycles. The summed E-state index contributed by atoms with van der Waals surface area (Å²) in [5.74, 6) is 0.199. The van der Waals surface area contributed by atoms with E-state index < -0.39 is 10.0 Å². The molecule has 1 amide bonds. The van der Waals surface area contributed by atoms with E-state index in [1.165, 1.54) is 24.3 Å². The first-order valence-corrected chi connectivity index (χ1v) is 19.9. The molecule has 11 nitrogen and oxygen atoms in total.